The number of anilines is 1. The topological polar surface area (TPSA) is 107 Å². The molecule has 0 unspecified atom stereocenters. The molecule has 1 heterocycles. The van der Waals surface area contributed by atoms with Crippen LogP contribution >= 0.6 is 0 Å². The molecule has 1 aliphatic rings. The zero-order valence-corrected chi connectivity index (χ0v) is 16.9. The van der Waals surface area contributed by atoms with E-state index in [-0.39, 0.29) is 34.1 Å². The summed E-state index contributed by atoms with van der Waals surface area (Å²) in [6.45, 7) is 3.28. The molecule has 1 aromatic heterocycles. The van der Waals surface area contributed by atoms with E-state index in [1.165, 1.54) is 18.2 Å². The van der Waals surface area contributed by atoms with E-state index >= 15 is 0 Å². The van der Waals surface area contributed by atoms with Gasteiger partial charge in [-0.3, -0.25) is 14.4 Å². The predicted octanol–water partition coefficient (Wildman–Crippen LogP) is 3.03. The number of esters is 1. The lowest BCUT2D eigenvalue weighted by molar-refractivity contribution is -0.119. The Morgan fingerprint density at radius 3 is 2.35 bits per heavy atom. The normalized spacial score (nSPS) is 12.4. The Balaban J connectivity index is 1.53. The zero-order chi connectivity index (χ0) is 22.1. The second-order valence-corrected chi connectivity index (χ2v) is 7.31. The first-order valence-corrected chi connectivity index (χ1v) is 9.70. The van der Waals surface area contributed by atoms with Gasteiger partial charge in [-0.15, -0.1) is 0 Å². The number of hydrogen-bond acceptors (Lipinski definition) is 6. The minimum atomic E-state index is -0.857. The minimum Gasteiger partial charge on any atom is -0.452 e. The molecule has 8 nitrogen and oxygen atoms in total. The molecule has 0 atom stereocenters. The molecule has 0 fully saturated rings. The Morgan fingerprint density at radius 2 is 1.65 bits per heavy atom. The number of ether oxygens (including phenoxy) is 1. The van der Waals surface area contributed by atoms with E-state index in [0.29, 0.717) is 11.4 Å². The Labute approximate surface area is 177 Å². The lowest BCUT2D eigenvalue weighted by Gasteiger charge is -2.19. The maximum atomic E-state index is 13.0. The standard InChI is InChI=1S/C23H19N3O5/c1-13(2)26-18(10-11-24-26)25-19(27)12-31-23(30)17-9-5-8-16-20(17)22(29)15-7-4-3-6-14(15)21(16)28/h3-11,13H,12H2,1-2H3,(H,25,27). The molecule has 0 saturated heterocycles. The van der Waals surface area contributed by atoms with E-state index in [1.54, 1.807) is 41.2 Å². The molecule has 4 rings (SSSR count). The maximum Gasteiger partial charge on any atom is 0.339 e. The number of carbonyl (C=O) groups excluding carboxylic acids is 4. The van der Waals surface area contributed by atoms with Gasteiger partial charge in [-0.25, -0.2) is 9.48 Å². The van der Waals surface area contributed by atoms with Gasteiger partial charge in [0.05, 0.1) is 11.8 Å². The minimum absolute atomic E-state index is 0.00510. The van der Waals surface area contributed by atoms with E-state index in [2.05, 4.69) is 10.4 Å². The molecule has 2 aromatic carbocycles. The lowest BCUT2D eigenvalue weighted by atomic mass is 9.82. The number of ketones is 2. The van der Waals surface area contributed by atoms with Crippen LogP contribution < -0.4 is 5.32 Å². The van der Waals surface area contributed by atoms with Crippen LogP contribution in [0.1, 0.15) is 62.1 Å². The van der Waals surface area contributed by atoms with Crippen molar-refractivity contribution < 1.29 is 23.9 Å². The van der Waals surface area contributed by atoms with Crippen molar-refractivity contribution in [3.05, 3.63) is 82.5 Å². The van der Waals surface area contributed by atoms with Crippen LogP contribution in [0.4, 0.5) is 5.82 Å². The van der Waals surface area contributed by atoms with Gasteiger partial charge in [-0.1, -0.05) is 36.4 Å². The number of aromatic nitrogens is 2. The average molecular weight is 417 g/mol. The SMILES string of the molecule is CC(C)n1nccc1NC(=O)COC(=O)c1cccc2c1C(=O)c1ccccc1C2=O. The highest BCUT2D eigenvalue weighted by Gasteiger charge is 2.33. The summed E-state index contributed by atoms with van der Waals surface area (Å²) >= 11 is 0. The highest BCUT2D eigenvalue weighted by molar-refractivity contribution is 6.30. The summed E-state index contributed by atoms with van der Waals surface area (Å²) in [6, 6.07) is 12.6. The summed E-state index contributed by atoms with van der Waals surface area (Å²) in [7, 11) is 0. The number of hydrogen-bond donors (Lipinski definition) is 1. The predicted molar refractivity (Wildman–Crippen MR) is 111 cm³/mol. The monoisotopic (exact) mass is 417 g/mol. The Bertz CT molecular complexity index is 1230. The van der Waals surface area contributed by atoms with Crippen molar-refractivity contribution in [3.63, 3.8) is 0 Å². The Morgan fingerprint density at radius 1 is 0.968 bits per heavy atom. The molecular formula is C23H19N3O5. The molecule has 1 amide bonds. The van der Waals surface area contributed by atoms with Crippen LogP contribution in [0, 0.1) is 0 Å². The molecule has 0 radical (unpaired) electrons. The fraction of sp³-hybridized carbons (Fsp3) is 0.174. The van der Waals surface area contributed by atoms with Crippen molar-refractivity contribution >= 4 is 29.3 Å². The van der Waals surface area contributed by atoms with Gasteiger partial charge in [0, 0.05) is 34.4 Å². The van der Waals surface area contributed by atoms with Crippen molar-refractivity contribution in [2.75, 3.05) is 11.9 Å². The fourth-order valence-electron chi connectivity index (χ4n) is 3.53. The second kappa shape index (κ2) is 7.98. The number of fused-ring (bicyclic) bond motifs is 2. The van der Waals surface area contributed by atoms with Crippen LogP contribution in [0.25, 0.3) is 0 Å². The van der Waals surface area contributed by atoms with Crippen molar-refractivity contribution in [2.45, 2.75) is 19.9 Å². The third-order valence-electron chi connectivity index (χ3n) is 4.93. The second-order valence-electron chi connectivity index (χ2n) is 7.31. The average Bonchev–Trinajstić information content (AvgIpc) is 3.23. The first-order valence-electron chi connectivity index (χ1n) is 9.70. The molecule has 0 aliphatic heterocycles. The third-order valence-corrected chi connectivity index (χ3v) is 4.93. The highest BCUT2D eigenvalue weighted by atomic mass is 16.5. The number of nitrogens with zero attached hydrogens (tertiary/aromatic N) is 2. The van der Waals surface area contributed by atoms with E-state index in [4.69, 9.17) is 4.74 Å². The number of rotatable bonds is 5. The number of benzene rings is 2. The maximum absolute atomic E-state index is 13.0. The third kappa shape index (κ3) is 3.63. The van der Waals surface area contributed by atoms with Crippen molar-refractivity contribution in [1.82, 2.24) is 9.78 Å². The van der Waals surface area contributed by atoms with Crippen LogP contribution in [0.15, 0.2) is 54.7 Å². The van der Waals surface area contributed by atoms with E-state index in [1.807, 2.05) is 13.8 Å². The highest BCUT2D eigenvalue weighted by Crippen LogP contribution is 2.29. The molecule has 1 aliphatic carbocycles. The smallest absolute Gasteiger partial charge is 0.339 e. The fourth-order valence-corrected chi connectivity index (χ4v) is 3.53. The van der Waals surface area contributed by atoms with Gasteiger partial charge in [0.1, 0.15) is 5.82 Å². The van der Waals surface area contributed by atoms with Crippen LogP contribution in [0.5, 0.6) is 0 Å². The van der Waals surface area contributed by atoms with Gasteiger partial charge >= 0.3 is 5.97 Å². The molecule has 0 bridgehead atoms. The molecular weight excluding hydrogens is 398 g/mol. The van der Waals surface area contributed by atoms with Crippen molar-refractivity contribution in [1.29, 1.82) is 0 Å². The molecule has 0 saturated carbocycles. The molecule has 0 spiro atoms. The van der Waals surface area contributed by atoms with Crippen molar-refractivity contribution in [2.24, 2.45) is 0 Å². The summed E-state index contributed by atoms with van der Waals surface area (Å²) < 4.78 is 6.75. The van der Waals surface area contributed by atoms with Gasteiger partial charge in [0.15, 0.2) is 18.2 Å². The molecule has 1 N–H and O–H groups in total. The Kier molecular flexibility index (Phi) is 5.21. The molecule has 156 valence electrons. The first kappa shape index (κ1) is 20.2. The lowest BCUT2D eigenvalue weighted by Crippen LogP contribution is -2.26. The quantitative estimate of drug-likeness (QED) is 0.500. The first-order chi connectivity index (χ1) is 14.9. The van der Waals surface area contributed by atoms with Gasteiger partial charge in [0.2, 0.25) is 0 Å². The molecule has 3 aromatic rings. The van der Waals surface area contributed by atoms with Crippen molar-refractivity contribution in [3.8, 4) is 0 Å². The molecule has 31 heavy (non-hydrogen) atoms. The van der Waals surface area contributed by atoms with E-state index in [0.717, 1.165) is 0 Å². The van der Waals surface area contributed by atoms with Gasteiger partial charge in [-0.05, 0) is 19.9 Å². The molecule has 8 heteroatoms. The largest absolute Gasteiger partial charge is 0.452 e. The summed E-state index contributed by atoms with van der Waals surface area (Å²) in [6.07, 6.45) is 1.55. The van der Waals surface area contributed by atoms with E-state index in [9.17, 15) is 19.2 Å². The number of nitrogens with one attached hydrogen (secondary N) is 1. The van der Waals surface area contributed by atoms with Crippen LogP contribution in [-0.4, -0.2) is 39.8 Å². The number of amides is 1. The van der Waals surface area contributed by atoms with Crippen LogP contribution in [0.2, 0.25) is 0 Å². The summed E-state index contributed by atoms with van der Waals surface area (Å²) in [5, 5.41) is 6.75. The van der Waals surface area contributed by atoms with Gasteiger partial charge < -0.3 is 10.1 Å². The van der Waals surface area contributed by atoms with Gasteiger partial charge in [-0.2, -0.15) is 5.10 Å². The van der Waals surface area contributed by atoms with Gasteiger partial charge in [0.25, 0.3) is 5.91 Å². The summed E-state index contributed by atoms with van der Waals surface area (Å²) in [5.41, 5.74) is 0.620. The zero-order valence-electron chi connectivity index (χ0n) is 16.9. The van der Waals surface area contributed by atoms with E-state index < -0.39 is 24.3 Å². The summed E-state index contributed by atoms with van der Waals surface area (Å²) in [5.74, 6) is -1.69. The Hall–Kier alpha value is -4.07. The number of carbonyl (C=O) groups is 4. The summed E-state index contributed by atoms with van der Waals surface area (Å²) in [4.78, 5) is 50.7. The van der Waals surface area contributed by atoms with Crippen LogP contribution in [0.3, 0.4) is 0 Å². The van der Waals surface area contributed by atoms with Crippen LogP contribution in [-0.2, 0) is 9.53 Å².